The molecule has 6 heteroatoms. The predicted molar refractivity (Wildman–Crippen MR) is 113 cm³/mol. The normalized spacial score (nSPS) is 11.1. The molecule has 2 heterocycles. The third kappa shape index (κ3) is 3.97. The van der Waals surface area contributed by atoms with Gasteiger partial charge in [-0.25, -0.2) is 4.52 Å². The summed E-state index contributed by atoms with van der Waals surface area (Å²) in [5.74, 6) is 0.783. The summed E-state index contributed by atoms with van der Waals surface area (Å²) in [6.07, 6.45) is 1.12. The number of aryl methyl sites for hydroxylation is 2. The van der Waals surface area contributed by atoms with Crippen molar-refractivity contribution < 1.29 is 4.79 Å². The zero-order chi connectivity index (χ0) is 19.5. The minimum atomic E-state index is 0.0382. The predicted octanol–water partition coefficient (Wildman–Crippen LogP) is 3.98. The maximum atomic E-state index is 12.2. The Morgan fingerprint density at radius 2 is 2.00 bits per heavy atom. The monoisotopic (exact) mass is 390 g/mol. The minimum absolute atomic E-state index is 0.0382. The summed E-state index contributed by atoms with van der Waals surface area (Å²) >= 11 is 1.58. The summed E-state index contributed by atoms with van der Waals surface area (Å²) in [5, 5.41) is 9.75. The lowest BCUT2D eigenvalue weighted by Gasteiger charge is -2.05. The number of nitrogens with zero attached hydrogens (tertiary/aromatic N) is 3. The second-order valence-electron chi connectivity index (χ2n) is 6.94. The molecule has 0 saturated carbocycles. The molecular formula is C22H22N4OS. The van der Waals surface area contributed by atoms with Gasteiger partial charge in [-0.1, -0.05) is 54.1 Å². The van der Waals surface area contributed by atoms with Gasteiger partial charge in [-0.2, -0.15) is 4.98 Å². The van der Waals surface area contributed by atoms with E-state index in [-0.39, 0.29) is 5.91 Å². The summed E-state index contributed by atoms with van der Waals surface area (Å²) in [6.45, 7) is 4.68. The van der Waals surface area contributed by atoms with Crippen LogP contribution in [0.5, 0.6) is 0 Å². The van der Waals surface area contributed by atoms with Gasteiger partial charge in [0.15, 0.2) is 5.82 Å². The number of hydrogen-bond acceptors (Lipinski definition) is 4. The van der Waals surface area contributed by atoms with Crippen molar-refractivity contribution in [3.63, 3.8) is 0 Å². The van der Waals surface area contributed by atoms with Crippen LogP contribution in [-0.2, 0) is 17.6 Å². The Balaban J connectivity index is 1.40. The van der Waals surface area contributed by atoms with Crippen molar-refractivity contribution in [2.75, 3.05) is 6.54 Å². The second kappa shape index (κ2) is 7.94. The highest BCUT2D eigenvalue weighted by atomic mass is 32.1. The zero-order valence-electron chi connectivity index (χ0n) is 16.0. The van der Waals surface area contributed by atoms with Crippen LogP contribution in [0.15, 0.2) is 53.9 Å². The van der Waals surface area contributed by atoms with E-state index in [4.69, 9.17) is 0 Å². The number of nitrogens with one attached hydrogen (secondary N) is 1. The first-order valence-corrected chi connectivity index (χ1v) is 10.2. The van der Waals surface area contributed by atoms with E-state index in [9.17, 15) is 4.79 Å². The summed E-state index contributed by atoms with van der Waals surface area (Å²) in [5.41, 5.74) is 5.47. The quantitative estimate of drug-likeness (QED) is 0.542. The van der Waals surface area contributed by atoms with Crippen molar-refractivity contribution in [3.8, 4) is 11.4 Å². The topological polar surface area (TPSA) is 59.3 Å². The Morgan fingerprint density at radius 3 is 2.82 bits per heavy atom. The van der Waals surface area contributed by atoms with Crippen molar-refractivity contribution >= 4 is 22.2 Å². The highest BCUT2D eigenvalue weighted by molar-refractivity contribution is 7.15. The van der Waals surface area contributed by atoms with Crippen molar-refractivity contribution in [1.82, 2.24) is 19.9 Å². The van der Waals surface area contributed by atoms with E-state index in [0.717, 1.165) is 39.6 Å². The lowest BCUT2D eigenvalue weighted by molar-refractivity contribution is -0.120. The van der Waals surface area contributed by atoms with Gasteiger partial charge in [0.1, 0.15) is 0 Å². The van der Waals surface area contributed by atoms with Gasteiger partial charge in [0, 0.05) is 23.9 Å². The Morgan fingerprint density at radius 1 is 1.14 bits per heavy atom. The number of fused-ring (bicyclic) bond motifs is 1. The largest absolute Gasteiger partial charge is 0.355 e. The van der Waals surface area contributed by atoms with Gasteiger partial charge in [0.2, 0.25) is 10.9 Å². The van der Waals surface area contributed by atoms with Gasteiger partial charge in [-0.15, -0.1) is 16.4 Å². The number of carbonyl (C=O) groups is 1. The highest BCUT2D eigenvalue weighted by Crippen LogP contribution is 2.23. The molecule has 4 aromatic rings. The number of hydrogen-bond donors (Lipinski definition) is 1. The molecule has 0 spiro atoms. The fraction of sp³-hybridized carbons (Fsp3) is 0.227. The van der Waals surface area contributed by atoms with Crippen LogP contribution >= 0.6 is 11.3 Å². The smallest absolute Gasteiger partial charge is 0.224 e. The molecule has 2 aromatic carbocycles. The van der Waals surface area contributed by atoms with Crippen LogP contribution < -0.4 is 5.32 Å². The lowest BCUT2D eigenvalue weighted by Crippen LogP contribution is -2.27. The average Bonchev–Trinajstić information content (AvgIpc) is 3.24. The van der Waals surface area contributed by atoms with Crippen molar-refractivity contribution in [2.45, 2.75) is 26.7 Å². The van der Waals surface area contributed by atoms with Crippen LogP contribution in [0.3, 0.4) is 0 Å². The minimum Gasteiger partial charge on any atom is -0.355 e. The maximum absolute atomic E-state index is 12.2. The second-order valence-corrected chi connectivity index (χ2v) is 7.77. The van der Waals surface area contributed by atoms with Crippen LogP contribution in [0.25, 0.3) is 16.3 Å². The standard InChI is InChI=1S/C22H22N4OS/c1-15-6-5-8-17(12-15)13-20(27)23-11-10-18-14-28-22-24-21(25-26(18)22)19-9-4-3-7-16(19)2/h3-9,12,14H,10-11,13H2,1-2H3,(H,23,27). The van der Waals surface area contributed by atoms with Gasteiger partial charge in [0.05, 0.1) is 12.1 Å². The molecule has 0 saturated heterocycles. The Labute approximate surface area is 168 Å². The number of benzene rings is 2. The molecule has 0 fully saturated rings. The van der Waals surface area contributed by atoms with Gasteiger partial charge in [0.25, 0.3) is 0 Å². The summed E-state index contributed by atoms with van der Waals surface area (Å²) in [4.78, 5) is 17.7. The van der Waals surface area contributed by atoms with E-state index in [1.807, 2.05) is 53.9 Å². The molecule has 0 aliphatic rings. The van der Waals surface area contributed by atoms with Crippen LogP contribution in [0.2, 0.25) is 0 Å². The number of thiazole rings is 1. The molecule has 28 heavy (non-hydrogen) atoms. The maximum Gasteiger partial charge on any atom is 0.224 e. The first-order valence-electron chi connectivity index (χ1n) is 9.31. The van der Waals surface area contributed by atoms with Crippen molar-refractivity contribution in [3.05, 3.63) is 76.3 Å². The van der Waals surface area contributed by atoms with Crippen LogP contribution in [-0.4, -0.2) is 27.0 Å². The summed E-state index contributed by atoms with van der Waals surface area (Å²) < 4.78 is 1.89. The van der Waals surface area contributed by atoms with Crippen LogP contribution in [0.1, 0.15) is 22.4 Å². The molecule has 0 radical (unpaired) electrons. The SMILES string of the molecule is Cc1cccc(CC(=O)NCCc2csc3nc(-c4ccccc4C)nn23)c1. The Bertz CT molecular complexity index is 1130. The number of amides is 1. The molecule has 2 aromatic heterocycles. The Hall–Kier alpha value is -2.99. The first kappa shape index (κ1) is 18.4. The fourth-order valence-corrected chi connectivity index (χ4v) is 4.09. The molecule has 0 atom stereocenters. The summed E-state index contributed by atoms with van der Waals surface area (Å²) in [6, 6.07) is 16.2. The molecule has 142 valence electrons. The van der Waals surface area contributed by atoms with Crippen molar-refractivity contribution in [1.29, 1.82) is 0 Å². The first-order chi connectivity index (χ1) is 13.6. The highest BCUT2D eigenvalue weighted by Gasteiger charge is 2.13. The lowest BCUT2D eigenvalue weighted by atomic mass is 10.1. The average molecular weight is 391 g/mol. The third-order valence-electron chi connectivity index (χ3n) is 4.69. The number of rotatable bonds is 6. The van der Waals surface area contributed by atoms with E-state index in [1.165, 1.54) is 5.56 Å². The molecule has 0 bridgehead atoms. The van der Waals surface area contributed by atoms with Crippen LogP contribution in [0.4, 0.5) is 0 Å². The third-order valence-corrected chi connectivity index (χ3v) is 5.55. The number of carbonyl (C=O) groups excluding carboxylic acids is 1. The van der Waals surface area contributed by atoms with Crippen LogP contribution in [0, 0.1) is 13.8 Å². The van der Waals surface area contributed by atoms with Gasteiger partial charge >= 0.3 is 0 Å². The summed E-state index contributed by atoms with van der Waals surface area (Å²) in [7, 11) is 0. The van der Waals surface area contributed by atoms with Crippen molar-refractivity contribution in [2.24, 2.45) is 0 Å². The fourth-order valence-electron chi connectivity index (χ4n) is 3.23. The molecule has 4 rings (SSSR count). The molecule has 1 N–H and O–H groups in total. The van der Waals surface area contributed by atoms with E-state index in [2.05, 4.69) is 33.8 Å². The molecule has 1 amide bonds. The molecule has 0 aliphatic carbocycles. The Kier molecular flexibility index (Phi) is 5.21. The van der Waals surface area contributed by atoms with E-state index < -0.39 is 0 Å². The van der Waals surface area contributed by atoms with E-state index in [0.29, 0.717) is 13.0 Å². The zero-order valence-corrected chi connectivity index (χ0v) is 16.8. The molecule has 0 aliphatic heterocycles. The van der Waals surface area contributed by atoms with E-state index >= 15 is 0 Å². The molecular weight excluding hydrogens is 368 g/mol. The number of aromatic nitrogens is 3. The van der Waals surface area contributed by atoms with Gasteiger partial charge in [-0.05, 0) is 25.0 Å². The van der Waals surface area contributed by atoms with Gasteiger partial charge < -0.3 is 5.32 Å². The van der Waals surface area contributed by atoms with Gasteiger partial charge in [-0.3, -0.25) is 4.79 Å². The molecule has 0 unspecified atom stereocenters. The molecule has 5 nitrogen and oxygen atoms in total. The van der Waals surface area contributed by atoms with E-state index in [1.54, 1.807) is 11.3 Å².